The number of carbonyl (C=O) groups is 4. The van der Waals surface area contributed by atoms with Crippen LogP contribution in [0, 0.1) is 5.92 Å². The summed E-state index contributed by atoms with van der Waals surface area (Å²) in [5.74, 6) is -3.01. The number of hydrogen-bond donors (Lipinski definition) is 1. The van der Waals surface area contributed by atoms with Gasteiger partial charge in [-0.25, -0.2) is 9.78 Å². The Kier molecular flexibility index (Phi) is 5.93. The molecule has 0 bridgehead atoms. The Bertz CT molecular complexity index is 957. The van der Waals surface area contributed by atoms with E-state index in [-0.39, 0.29) is 22.0 Å². The van der Waals surface area contributed by atoms with Crippen molar-refractivity contribution in [3.05, 3.63) is 58.9 Å². The molecule has 3 rings (SSSR count). The van der Waals surface area contributed by atoms with E-state index in [1.54, 1.807) is 38.1 Å². The maximum atomic E-state index is 12.7. The second-order valence-corrected chi connectivity index (χ2v) is 7.07. The lowest BCUT2D eigenvalue weighted by Gasteiger charge is -2.27. The summed E-state index contributed by atoms with van der Waals surface area (Å²) in [6.07, 6.45) is 1.47. The third-order valence-corrected chi connectivity index (χ3v) is 4.66. The van der Waals surface area contributed by atoms with E-state index in [4.69, 9.17) is 16.3 Å². The summed E-state index contributed by atoms with van der Waals surface area (Å²) in [6.45, 7) is 2.77. The van der Waals surface area contributed by atoms with Gasteiger partial charge in [-0.2, -0.15) is 0 Å². The quantitative estimate of drug-likeness (QED) is 0.441. The van der Waals surface area contributed by atoms with Crippen LogP contribution >= 0.6 is 11.6 Å². The molecule has 1 aromatic heterocycles. The summed E-state index contributed by atoms with van der Waals surface area (Å²) in [6, 6.07) is 8.33. The van der Waals surface area contributed by atoms with Crippen LogP contribution in [0.5, 0.6) is 0 Å². The van der Waals surface area contributed by atoms with Crippen molar-refractivity contribution in [3.8, 4) is 0 Å². The van der Waals surface area contributed by atoms with Gasteiger partial charge in [0.15, 0.2) is 11.8 Å². The predicted octanol–water partition coefficient (Wildman–Crippen LogP) is 2.54. The highest BCUT2D eigenvalue weighted by Crippen LogP contribution is 2.27. The molecule has 0 spiro atoms. The Morgan fingerprint density at radius 3 is 2.28 bits per heavy atom. The number of ether oxygens (including phenoxy) is 1. The van der Waals surface area contributed by atoms with Crippen LogP contribution < -0.4 is 5.32 Å². The lowest BCUT2D eigenvalue weighted by molar-refractivity contribution is -0.152. The number of halogens is 1. The molecule has 2 aromatic rings. The molecule has 3 amide bonds. The lowest BCUT2D eigenvalue weighted by Crippen LogP contribution is -2.49. The van der Waals surface area contributed by atoms with Crippen LogP contribution in [0.3, 0.4) is 0 Å². The number of rotatable bonds is 6. The Labute approximate surface area is 171 Å². The molecule has 0 unspecified atom stereocenters. The molecular weight excluding hydrogens is 398 g/mol. The van der Waals surface area contributed by atoms with Crippen molar-refractivity contribution in [2.75, 3.05) is 11.9 Å². The van der Waals surface area contributed by atoms with E-state index in [1.807, 2.05) is 0 Å². The Morgan fingerprint density at radius 2 is 1.72 bits per heavy atom. The molecule has 1 aliphatic heterocycles. The predicted molar refractivity (Wildman–Crippen MR) is 104 cm³/mol. The van der Waals surface area contributed by atoms with Crippen molar-refractivity contribution in [2.45, 2.75) is 19.9 Å². The first-order chi connectivity index (χ1) is 13.8. The van der Waals surface area contributed by atoms with Gasteiger partial charge < -0.3 is 10.1 Å². The van der Waals surface area contributed by atoms with Crippen LogP contribution in [0.25, 0.3) is 0 Å². The summed E-state index contributed by atoms with van der Waals surface area (Å²) in [5, 5.41) is 2.57. The van der Waals surface area contributed by atoms with E-state index >= 15 is 0 Å². The third kappa shape index (κ3) is 4.12. The van der Waals surface area contributed by atoms with Gasteiger partial charge in [0.25, 0.3) is 17.7 Å². The molecule has 0 saturated carbocycles. The Balaban J connectivity index is 1.69. The standard InChI is InChI=1S/C20H18ClN3O5/c1-11(2)16(24-18(26)12-6-3-4-7-13(12)19(24)27)20(28)29-10-15(25)23-14-8-5-9-22-17(14)21/h3-9,11,16H,10H2,1-2H3,(H,23,25)/t16-/m1/s1. The largest absolute Gasteiger partial charge is 0.454 e. The highest BCUT2D eigenvalue weighted by Gasteiger charge is 2.44. The van der Waals surface area contributed by atoms with Gasteiger partial charge in [0.1, 0.15) is 6.04 Å². The topological polar surface area (TPSA) is 106 Å². The number of nitrogens with one attached hydrogen (secondary N) is 1. The van der Waals surface area contributed by atoms with E-state index in [1.165, 1.54) is 18.3 Å². The van der Waals surface area contributed by atoms with Crippen LogP contribution in [-0.2, 0) is 14.3 Å². The number of fused-ring (bicyclic) bond motifs is 1. The number of pyridine rings is 1. The molecule has 1 aliphatic rings. The van der Waals surface area contributed by atoms with E-state index in [0.717, 1.165) is 4.90 Å². The number of carbonyl (C=O) groups excluding carboxylic acids is 4. The molecule has 1 atom stereocenters. The molecule has 2 heterocycles. The van der Waals surface area contributed by atoms with Crippen molar-refractivity contribution in [3.63, 3.8) is 0 Å². The van der Waals surface area contributed by atoms with Gasteiger partial charge in [-0.1, -0.05) is 37.6 Å². The van der Waals surface area contributed by atoms with Crippen molar-refractivity contribution in [1.29, 1.82) is 0 Å². The monoisotopic (exact) mass is 415 g/mol. The van der Waals surface area contributed by atoms with E-state index in [0.29, 0.717) is 0 Å². The first kappa shape index (κ1) is 20.5. The normalized spacial score (nSPS) is 14.0. The smallest absolute Gasteiger partial charge is 0.330 e. The molecule has 1 N–H and O–H groups in total. The number of nitrogens with zero attached hydrogens (tertiary/aromatic N) is 2. The Morgan fingerprint density at radius 1 is 1.10 bits per heavy atom. The van der Waals surface area contributed by atoms with Crippen molar-refractivity contribution >= 4 is 41.0 Å². The zero-order valence-corrected chi connectivity index (χ0v) is 16.5. The summed E-state index contributed by atoms with van der Waals surface area (Å²) >= 11 is 5.87. The van der Waals surface area contributed by atoms with Gasteiger partial charge in [-0.15, -0.1) is 0 Å². The van der Waals surface area contributed by atoms with Crippen LogP contribution in [0.1, 0.15) is 34.6 Å². The molecule has 29 heavy (non-hydrogen) atoms. The summed E-state index contributed by atoms with van der Waals surface area (Å²) in [7, 11) is 0. The van der Waals surface area contributed by atoms with Crippen molar-refractivity contribution < 1.29 is 23.9 Å². The molecule has 1 aromatic carbocycles. The maximum absolute atomic E-state index is 12.7. The number of aromatic nitrogens is 1. The zero-order valence-electron chi connectivity index (χ0n) is 15.7. The van der Waals surface area contributed by atoms with E-state index < -0.39 is 42.3 Å². The number of benzene rings is 1. The number of hydrogen-bond acceptors (Lipinski definition) is 6. The zero-order chi connectivity index (χ0) is 21.1. The first-order valence-corrected chi connectivity index (χ1v) is 9.23. The van der Waals surface area contributed by atoms with Crippen LogP contribution in [0.4, 0.5) is 5.69 Å². The first-order valence-electron chi connectivity index (χ1n) is 8.85. The number of imide groups is 1. The highest BCUT2D eigenvalue weighted by atomic mass is 35.5. The molecule has 9 heteroatoms. The minimum atomic E-state index is -1.16. The average Bonchev–Trinajstić information content (AvgIpc) is 2.94. The number of amides is 3. The minimum absolute atomic E-state index is 0.0956. The minimum Gasteiger partial charge on any atom is -0.454 e. The average molecular weight is 416 g/mol. The van der Waals surface area contributed by atoms with Crippen molar-refractivity contribution in [2.24, 2.45) is 5.92 Å². The molecule has 0 aliphatic carbocycles. The molecule has 0 fully saturated rings. The SMILES string of the molecule is CC(C)[C@H](C(=O)OCC(=O)Nc1cccnc1Cl)N1C(=O)c2ccccc2C1=O. The van der Waals surface area contributed by atoms with Gasteiger partial charge in [0, 0.05) is 6.20 Å². The number of esters is 1. The van der Waals surface area contributed by atoms with Gasteiger partial charge in [0.05, 0.1) is 16.8 Å². The van der Waals surface area contributed by atoms with Crippen molar-refractivity contribution in [1.82, 2.24) is 9.88 Å². The van der Waals surface area contributed by atoms with E-state index in [9.17, 15) is 19.2 Å². The van der Waals surface area contributed by atoms with Gasteiger partial charge >= 0.3 is 5.97 Å². The fourth-order valence-corrected chi connectivity index (χ4v) is 3.19. The van der Waals surface area contributed by atoms with E-state index in [2.05, 4.69) is 10.3 Å². The Hall–Kier alpha value is -3.26. The van der Waals surface area contributed by atoms with Gasteiger partial charge in [-0.3, -0.25) is 19.3 Å². The molecule has 8 nitrogen and oxygen atoms in total. The summed E-state index contributed by atoms with van der Waals surface area (Å²) in [4.78, 5) is 54.8. The molecule has 0 radical (unpaired) electrons. The van der Waals surface area contributed by atoms with Gasteiger partial charge in [0.2, 0.25) is 0 Å². The highest BCUT2D eigenvalue weighted by molar-refractivity contribution is 6.32. The summed E-state index contributed by atoms with van der Waals surface area (Å²) in [5.41, 5.74) is 0.746. The van der Waals surface area contributed by atoms with Crippen LogP contribution in [0.2, 0.25) is 5.15 Å². The van der Waals surface area contributed by atoms with Gasteiger partial charge in [-0.05, 0) is 30.2 Å². The summed E-state index contributed by atoms with van der Waals surface area (Å²) < 4.78 is 5.09. The fourth-order valence-electron chi connectivity index (χ4n) is 3.02. The maximum Gasteiger partial charge on any atom is 0.330 e. The second-order valence-electron chi connectivity index (χ2n) is 6.71. The molecular formula is C20H18ClN3O5. The molecule has 150 valence electrons. The second kappa shape index (κ2) is 8.40. The molecule has 0 saturated heterocycles. The van der Waals surface area contributed by atoms with Crippen LogP contribution in [-0.4, -0.2) is 46.2 Å². The van der Waals surface area contributed by atoms with Crippen LogP contribution in [0.15, 0.2) is 42.6 Å². The number of anilines is 1. The lowest BCUT2D eigenvalue weighted by atomic mass is 10.0. The third-order valence-electron chi connectivity index (χ3n) is 4.36. The fraction of sp³-hybridized carbons (Fsp3) is 0.250.